The molecule has 23 heavy (non-hydrogen) atoms. The molecular formula is C21H20N2. The monoisotopic (exact) mass is 300 g/mol. The fourth-order valence-corrected chi connectivity index (χ4v) is 2.55. The van der Waals surface area contributed by atoms with Crippen LogP contribution in [0.4, 0.5) is 0 Å². The van der Waals surface area contributed by atoms with E-state index in [1.165, 1.54) is 11.1 Å². The van der Waals surface area contributed by atoms with Gasteiger partial charge in [0.1, 0.15) is 0 Å². The minimum Gasteiger partial charge on any atom is -0.398 e. The van der Waals surface area contributed by atoms with Crippen molar-refractivity contribution < 1.29 is 0 Å². The summed E-state index contributed by atoms with van der Waals surface area (Å²) in [5.41, 5.74) is 17.5. The summed E-state index contributed by atoms with van der Waals surface area (Å²) in [6.45, 7) is 0. The average Bonchev–Trinajstić information content (AvgIpc) is 2.63. The Labute approximate surface area is 137 Å². The quantitative estimate of drug-likeness (QED) is 0.752. The number of benzene rings is 3. The molecule has 0 aliphatic rings. The fourth-order valence-electron chi connectivity index (χ4n) is 2.55. The van der Waals surface area contributed by atoms with Gasteiger partial charge in [-0.2, -0.15) is 0 Å². The third-order valence-electron chi connectivity index (χ3n) is 3.87. The largest absolute Gasteiger partial charge is 0.398 e. The maximum atomic E-state index is 6.20. The predicted molar refractivity (Wildman–Crippen MR) is 97.4 cm³/mol. The van der Waals surface area contributed by atoms with E-state index in [4.69, 9.17) is 11.5 Å². The summed E-state index contributed by atoms with van der Waals surface area (Å²) < 4.78 is 0. The molecule has 3 aromatic rings. The average molecular weight is 300 g/mol. The van der Waals surface area contributed by atoms with Gasteiger partial charge in [0.25, 0.3) is 0 Å². The van der Waals surface area contributed by atoms with Gasteiger partial charge >= 0.3 is 0 Å². The third-order valence-corrected chi connectivity index (χ3v) is 3.87. The molecule has 0 saturated heterocycles. The highest BCUT2D eigenvalue weighted by molar-refractivity contribution is 5.69. The highest BCUT2D eigenvalue weighted by Gasteiger charge is 2.05. The van der Waals surface area contributed by atoms with E-state index in [1.54, 1.807) is 0 Å². The molecule has 0 aliphatic carbocycles. The van der Waals surface area contributed by atoms with Crippen LogP contribution in [0.15, 0.2) is 91.0 Å². The Kier molecular flexibility index (Phi) is 4.55. The first-order chi connectivity index (χ1) is 11.2. The van der Waals surface area contributed by atoms with E-state index >= 15 is 0 Å². The van der Waals surface area contributed by atoms with Gasteiger partial charge in [0.2, 0.25) is 0 Å². The van der Waals surface area contributed by atoms with Gasteiger partial charge in [-0.3, -0.25) is 0 Å². The van der Waals surface area contributed by atoms with Crippen molar-refractivity contribution in [3.05, 3.63) is 102 Å². The van der Waals surface area contributed by atoms with Gasteiger partial charge in [-0.05, 0) is 28.3 Å². The first kappa shape index (κ1) is 15.1. The zero-order valence-electron chi connectivity index (χ0n) is 12.9. The zero-order valence-corrected chi connectivity index (χ0v) is 12.9. The van der Waals surface area contributed by atoms with Crippen LogP contribution in [0, 0.1) is 0 Å². The number of nitrogens with two attached hydrogens (primary N) is 2. The van der Waals surface area contributed by atoms with E-state index in [9.17, 15) is 0 Å². The Morgan fingerprint density at radius 3 is 1.83 bits per heavy atom. The van der Waals surface area contributed by atoms with Gasteiger partial charge in [0, 0.05) is 5.70 Å². The van der Waals surface area contributed by atoms with Crippen molar-refractivity contribution in [2.75, 3.05) is 0 Å². The molecule has 3 rings (SSSR count). The molecule has 0 amide bonds. The van der Waals surface area contributed by atoms with Crippen LogP contribution in [0.3, 0.4) is 0 Å². The van der Waals surface area contributed by atoms with E-state index in [0.717, 1.165) is 11.1 Å². The molecule has 0 fully saturated rings. The van der Waals surface area contributed by atoms with Crippen molar-refractivity contribution in [2.24, 2.45) is 11.5 Å². The molecule has 2 nitrogen and oxygen atoms in total. The minimum absolute atomic E-state index is 0.204. The van der Waals surface area contributed by atoms with Crippen LogP contribution in [0.25, 0.3) is 16.8 Å². The van der Waals surface area contributed by atoms with Crippen molar-refractivity contribution in [2.45, 2.75) is 6.04 Å². The molecule has 0 saturated carbocycles. The smallest absolute Gasteiger partial charge is 0.0504 e. The number of hydrogen-bond acceptors (Lipinski definition) is 2. The fraction of sp³-hybridized carbons (Fsp3) is 0.0476. The first-order valence-electron chi connectivity index (χ1n) is 7.68. The van der Waals surface area contributed by atoms with E-state index in [2.05, 4.69) is 24.3 Å². The molecule has 0 aliphatic heterocycles. The van der Waals surface area contributed by atoms with Crippen LogP contribution in [0.1, 0.15) is 17.2 Å². The molecule has 1 unspecified atom stereocenters. The van der Waals surface area contributed by atoms with Gasteiger partial charge in [-0.25, -0.2) is 0 Å². The Morgan fingerprint density at radius 2 is 1.22 bits per heavy atom. The number of rotatable bonds is 4. The minimum atomic E-state index is -0.204. The highest BCUT2D eigenvalue weighted by Crippen LogP contribution is 2.22. The Bertz CT molecular complexity index is 775. The van der Waals surface area contributed by atoms with Crippen LogP contribution in [-0.2, 0) is 0 Å². The summed E-state index contributed by atoms with van der Waals surface area (Å²) in [7, 11) is 0. The predicted octanol–water partition coefficient (Wildman–Crippen LogP) is 4.35. The summed E-state index contributed by atoms with van der Waals surface area (Å²) in [5, 5.41) is 0. The van der Waals surface area contributed by atoms with Crippen molar-refractivity contribution in [1.82, 2.24) is 0 Å². The lowest BCUT2D eigenvalue weighted by Gasteiger charge is -2.10. The second-order valence-electron chi connectivity index (χ2n) is 5.50. The van der Waals surface area contributed by atoms with Gasteiger partial charge in [0.05, 0.1) is 6.04 Å². The molecule has 0 heterocycles. The Balaban J connectivity index is 1.80. The molecule has 2 heteroatoms. The molecule has 0 spiro atoms. The van der Waals surface area contributed by atoms with Crippen LogP contribution >= 0.6 is 0 Å². The van der Waals surface area contributed by atoms with E-state index in [0.29, 0.717) is 5.70 Å². The molecule has 0 aromatic heterocycles. The van der Waals surface area contributed by atoms with Crippen LogP contribution < -0.4 is 11.5 Å². The maximum absolute atomic E-state index is 6.20. The molecule has 0 radical (unpaired) electrons. The molecule has 1 atom stereocenters. The molecule has 3 aromatic carbocycles. The lowest BCUT2D eigenvalue weighted by Crippen LogP contribution is -2.10. The van der Waals surface area contributed by atoms with E-state index in [-0.39, 0.29) is 6.04 Å². The van der Waals surface area contributed by atoms with Gasteiger partial charge in [-0.1, -0.05) is 84.9 Å². The third kappa shape index (κ3) is 3.68. The van der Waals surface area contributed by atoms with Crippen molar-refractivity contribution >= 4 is 5.70 Å². The molecule has 114 valence electrons. The molecular weight excluding hydrogens is 280 g/mol. The standard InChI is InChI=1S/C21H20N2/c22-20(18-9-5-2-6-10-18)15-21(23)19-13-11-17(12-14-19)16-7-3-1-4-8-16/h1-15,20H,22-23H2/b21-15-. The molecule has 4 N–H and O–H groups in total. The van der Waals surface area contributed by atoms with Crippen LogP contribution in [0.5, 0.6) is 0 Å². The first-order valence-corrected chi connectivity index (χ1v) is 7.68. The van der Waals surface area contributed by atoms with Gasteiger partial charge in [-0.15, -0.1) is 0 Å². The van der Waals surface area contributed by atoms with Gasteiger partial charge < -0.3 is 11.5 Å². The lowest BCUT2D eigenvalue weighted by molar-refractivity contribution is 0.911. The number of hydrogen-bond donors (Lipinski definition) is 2. The second-order valence-corrected chi connectivity index (χ2v) is 5.50. The van der Waals surface area contributed by atoms with Crippen molar-refractivity contribution in [1.29, 1.82) is 0 Å². The van der Waals surface area contributed by atoms with Crippen LogP contribution in [-0.4, -0.2) is 0 Å². The Morgan fingerprint density at radius 1 is 0.696 bits per heavy atom. The lowest BCUT2D eigenvalue weighted by atomic mass is 10.0. The second kappa shape index (κ2) is 6.95. The summed E-state index contributed by atoms with van der Waals surface area (Å²) >= 11 is 0. The summed E-state index contributed by atoms with van der Waals surface area (Å²) in [6, 6.07) is 28.3. The van der Waals surface area contributed by atoms with Crippen molar-refractivity contribution in [3.8, 4) is 11.1 Å². The SMILES string of the molecule is N/C(=C\C(N)c1ccccc1)c1ccc(-c2ccccc2)cc1. The Hall–Kier alpha value is -2.84. The van der Waals surface area contributed by atoms with E-state index < -0.39 is 0 Å². The summed E-state index contributed by atoms with van der Waals surface area (Å²) in [6.07, 6.45) is 1.90. The normalized spacial score (nSPS) is 12.8. The highest BCUT2D eigenvalue weighted by atomic mass is 14.6. The van der Waals surface area contributed by atoms with Gasteiger partial charge in [0.15, 0.2) is 0 Å². The van der Waals surface area contributed by atoms with Crippen LogP contribution in [0.2, 0.25) is 0 Å². The summed E-state index contributed by atoms with van der Waals surface area (Å²) in [4.78, 5) is 0. The zero-order chi connectivity index (χ0) is 16.1. The topological polar surface area (TPSA) is 52.0 Å². The molecule has 0 bridgehead atoms. The van der Waals surface area contributed by atoms with E-state index in [1.807, 2.05) is 66.7 Å². The van der Waals surface area contributed by atoms with Crippen molar-refractivity contribution in [3.63, 3.8) is 0 Å². The maximum Gasteiger partial charge on any atom is 0.0504 e. The summed E-state index contributed by atoms with van der Waals surface area (Å²) in [5.74, 6) is 0.